The van der Waals surface area contributed by atoms with E-state index in [-0.39, 0.29) is 4.75 Å². The molecule has 0 aliphatic heterocycles. The topological polar surface area (TPSA) is 26.0 Å². The van der Waals surface area contributed by atoms with Gasteiger partial charge in [-0.1, -0.05) is 18.2 Å². The van der Waals surface area contributed by atoms with Gasteiger partial charge in [0.1, 0.15) is 0 Å². The van der Waals surface area contributed by atoms with Gasteiger partial charge in [-0.25, -0.2) is 0 Å². The van der Waals surface area contributed by atoms with Gasteiger partial charge in [0.05, 0.1) is 0 Å². The molecule has 0 aliphatic rings. The van der Waals surface area contributed by atoms with Crippen LogP contribution in [0.5, 0.6) is 0 Å². The van der Waals surface area contributed by atoms with Crippen molar-refractivity contribution in [3.05, 3.63) is 30.3 Å². The van der Waals surface area contributed by atoms with Gasteiger partial charge in [0.15, 0.2) is 0 Å². The molecule has 0 saturated carbocycles. The Morgan fingerprint density at radius 3 is 2.33 bits per heavy atom. The molecule has 1 aromatic rings. The zero-order valence-electron chi connectivity index (χ0n) is 7.58. The second kappa shape index (κ2) is 3.97. The van der Waals surface area contributed by atoms with E-state index in [9.17, 15) is 0 Å². The summed E-state index contributed by atoms with van der Waals surface area (Å²) in [6, 6.07) is 10.4. The van der Waals surface area contributed by atoms with Crippen LogP contribution in [0.15, 0.2) is 35.2 Å². The van der Waals surface area contributed by atoms with E-state index in [1.165, 1.54) is 4.90 Å². The largest absolute Gasteiger partial charge is 0.329 e. The van der Waals surface area contributed by atoms with Crippen molar-refractivity contribution in [3.63, 3.8) is 0 Å². The first kappa shape index (κ1) is 9.62. The van der Waals surface area contributed by atoms with Crippen molar-refractivity contribution in [2.45, 2.75) is 23.5 Å². The highest BCUT2D eigenvalue weighted by Crippen LogP contribution is 2.30. The first-order chi connectivity index (χ1) is 5.64. The summed E-state index contributed by atoms with van der Waals surface area (Å²) < 4.78 is 0.140. The van der Waals surface area contributed by atoms with Crippen LogP contribution in [0, 0.1) is 0 Å². The van der Waals surface area contributed by atoms with E-state index in [1.54, 1.807) is 0 Å². The fourth-order valence-corrected chi connectivity index (χ4v) is 1.86. The second-order valence-electron chi connectivity index (χ2n) is 3.38. The van der Waals surface area contributed by atoms with Gasteiger partial charge in [0.25, 0.3) is 0 Å². The summed E-state index contributed by atoms with van der Waals surface area (Å²) in [6.07, 6.45) is 0. The summed E-state index contributed by atoms with van der Waals surface area (Å²) in [5, 5.41) is 0. The van der Waals surface area contributed by atoms with Gasteiger partial charge < -0.3 is 5.73 Å². The van der Waals surface area contributed by atoms with Gasteiger partial charge >= 0.3 is 0 Å². The Morgan fingerprint density at radius 2 is 1.83 bits per heavy atom. The van der Waals surface area contributed by atoms with Crippen molar-refractivity contribution in [1.29, 1.82) is 0 Å². The SMILES string of the molecule is CC(C)(CN)Sc1ccccc1. The fraction of sp³-hybridized carbons (Fsp3) is 0.400. The minimum atomic E-state index is 0.140. The first-order valence-corrected chi connectivity index (χ1v) is 4.90. The molecule has 0 amide bonds. The van der Waals surface area contributed by atoms with E-state index < -0.39 is 0 Å². The van der Waals surface area contributed by atoms with Crippen LogP contribution < -0.4 is 5.73 Å². The normalized spacial score (nSPS) is 11.6. The van der Waals surface area contributed by atoms with Crippen LogP contribution in [0.25, 0.3) is 0 Å². The number of nitrogens with two attached hydrogens (primary N) is 1. The molecule has 0 unspecified atom stereocenters. The summed E-state index contributed by atoms with van der Waals surface area (Å²) in [5.41, 5.74) is 5.63. The maximum absolute atomic E-state index is 5.63. The Morgan fingerprint density at radius 1 is 1.25 bits per heavy atom. The third-order valence-electron chi connectivity index (χ3n) is 1.63. The Kier molecular flexibility index (Phi) is 3.18. The smallest absolute Gasteiger partial charge is 0.0273 e. The quantitative estimate of drug-likeness (QED) is 0.725. The standard InChI is InChI=1S/C10H15NS/c1-10(2,8-11)12-9-6-4-3-5-7-9/h3-7H,8,11H2,1-2H3. The van der Waals surface area contributed by atoms with Crippen molar-refractivity contribution in [3.8, 4) is 0 Å². The van der Waals surface area contributed by atoms with Crippen LogP contribution in [-0.2, 0) is 0 Å². The van der Waals surface area contributed by atoms with E-state index in [2.05, 4.69) is 38.1 Å². The Balaban J connectivity index is 2.64. The van der Waals surface area contributed by atoms with E-state index in [0.29, 0.717) is 6.54 Å². The van der Waals surface area contributed by atoms with E-state index in [4.69, 9.17) is 5.73 Å². The molecule has 12 heavy (non-hydrogen) atoms. The lowest BCUT2D eigenvalue weighted by Gasteiger charge is -2.21. The molecule has 0 atom stereocenters. The third-order valence-corrected chi connectivity index (χ3v) is 2.86. The van der Waals surface area contributed by atoms with Crippen molar-refractivity contribution in [1.82, 2.24) is 0 Å². The Labute approximate surface area is 78.4 Å². The molecular formula is C10H15NS. The number of thioether (sulfide) groups is 1. The average molecular weight is 181 g/mol. The maximum Gasteiger partial charge on any atom is 0.0273 e. The van der Waals surface area contributed by atoms with Crippen molar-refractivity contribution < 1.29 is 0 Å². The molecule has 0 radical (unpaired) electrons. The number of hydrogen-bond donors (Lipinski definition) is 1. The minimum absolute atomic E-state index is 0.140. The molecule has 0 aliphatic carbocycles. The summed E-state index contributed by atoms with van der Waals surface area (Å²) in [7, 11) is 0. The van der Waals surface area contributed by atoms with Crippen LogP contribution >= 0.6 is 11.8 Å². The summed E-state index contributed by atoms with van der Waals surface area (Å²) in [4.78, 5) is 1.29. The van der Waals surface area contributed by atoms with Gasteiger partial charge in [-0.05, 0) is 26.0 Å². The second-order valence-corrected chi connectivity index (χ2v) is 5.16. The molecule has 0 saturated heterocycles. The summed E-state index contributed by atoms with van der Waals surface area (Å²) >= 11 is 1.82. The third kappa shape index (κ3) is 2.88. The molecule has 0 fully saturated rings. The number of hydrogen-bond acceptors (Lipinski definition) is 2. The fourth-order valence-electron chi connectivity index (χ4n) is 0.849. The van der Waals surface area contributed by atoms with Crippen LogP contribution in [0.1, 0.15) is 13.8 Å². The zero-order chi connectivity index (χ0) is 9.03. The van der Waals surface area contributed by atoms with Crippen LogP contribution in [-0.4, -0.2) is 11.3 Å². The molecule has 0 bridgehead atoms. The average Bonchev–Trinajstić information content (AvgIpc) is 2.06. The predicted molar refractivity (Wildman–Crippen MR) is 55.4 cm³/mol. The van der Waals surface area contributed by atoms with Crippen LogP contribution in [0.3, 0.4) is 0 Å². The molecule has 1 nitrogen and oxygen atoms in total. The van der Waals surface area contributed by atoms with Gasteiger partial charge in [-0.2, -0.15) is 0 Å². The lowest BCUT2D eigenvalue weighted by atomic mass is 10.2. The molecule has 2 heteroatoms. The zero-order valence-corrected chi connectivity index (χ0v) is 8.40. The Bertz CT molecular complexity index is 231. The summed E-state index contributed by atoms with van der Waals surface area (Å²) in [5.74, 6) is 0. The van der Waals surface area contributed by atoms with Crippen LogP contribution in [0.4, 0.5) is 0 Å². The minimum Gasteiger partial charge on any atom is -0.329 e. The lowest BCUT2D eigenvalue weighted by molar-refractivity contribution is 0.723. The highest BCUT2D eigenvalue weighted by molar-refractivity contribution is 8.00. The lowest BCUT2D eigenvalue weighted by Crippen LogP contribution is -2.26. The molecule has 1 rings (SSSR count). The number of rotatable bonds is 3. The molecule has 0 spiro atoms. The first-order valence-electron chi connectivity index (χ1n) is 4.08. The van der Waals surface area contributed by atoms with Crippen molar-refractivity contribution in [2.24, 2.45) is 5.73 Å². The molecule has 0 heterocycles. The molecule has 0 aromatic heterocycles. The highest BCUT2D eigenvalue weighted by Gasteiger charge is 2.16. The van der Waals surface area contributed by atoms with Gasteiger partial charge in [-0.3, -0.25) is 0 Å². The summed E-state index contributed by atoms with van der Waals surface area (Å²) in [6.45, 7) is 5.02. The van der Waals surface area contributed by atoms with E-state index in [1.807, 2.05) is 17.8 Å². The van der Waals surface area contributed by atoms with Gasteiger partial charge in [0.2, 0.25) is 0 Å². The number of benzene rings is 1. The van der Waals surface area contributed by atoms with Gasteiger partial charge in [-0.15, -0.1) is 11.8 Å². The van der Waals surface area contributed by atoms with Gasteiger partial charge in [0, 0.05) is 16.2 Å². The predicted octanol–water partition coefficient (Wildman–Crippen LogP) is 2.52. The van der Waals surface area contributed by atoms with Crippen molar-refractivity contribution >= 4 is 11.8 Å². The maximum atomic E-state index is 5.63. The van der Waals surface area contributed by atoms with Crippen LogP contribution in [0.2, 0.25) is 0 Å². The molecule has 2 N–H and O–H groups in total. The molecule has 1 aromatic carbocycles. The highest BCUT2D eigenvalue weighted by atomic mass is 32.2. The molecule has 66 valence electrons. The molecular weight excluding hydrogens is 166 g/mol. The van der Waals surface area contributed by atoms with Crippen molar-refractivity contribution in [2.75, 3.05) is 6.54 Å². The monoisotopic (exact) mass is 181 g/mol. The Hall–Kier alpha value is -0.470. The van der Waals surface area contributed by atoms with E-state index >= 15 is 0 Å². The van der Waals surface area contributed by atoms with E-state index in [0.717, 1.165) is 0 Å².